The van der Waals surface area contributed by atoms with E-state index in [0.717, 1.165) is 18.6 Å². The predicted octanol–water partition coefficient (Wildman–Crippen LogP) is 0.646. The van der Waals surface area contributed by atoms with E-state index in [0.29, 0.717) is 5.54 Å². The van der Waals surface area contributed by atoms with Crippen molar-refractivity contribution >= 4 is 0 Å². The van der Waals surface area contributed by atoms with E-state index in [9.17, 15) is 0 Å². The first-order chi connectivity index (χ1) is 7.25. The van der Waals surface area contributed by atoms with E-state index >= 15 is 0 Å². The van der Waals surface area contributed by atoms with Gasteiger partial charge in [0.05, 0.1) is 0 Å². The van der Waals surface area contributed by atoms with Gasteiger partial charge in [0.1, 0.15) is 0 Å². The van der Waals surface area contributed by atoms with Gasteiger partial charge in [0.2, 0.25) is 0 Å². The molecule has 3 rings (SSSR count). The summed E-state index contributed by atoms with van der Waals surface area (Å²) < 4.78 is 0. The molecule has 2 N–H and O–H groups in total. The molecule has 3 nitrogen and oxygen atoms in total. The number of likely N-dealkylation sites (N-methyl/N-ethyl adjacent to an activating group) is 1. The zero-order valence-corrected chi connectivity index (χ0v) is 9.78. The fraction of sp³-hybridized carbons (Fsp3) is 1.00. The second kappa shape index (κ2) is 3.44. The maximum Gasteiger partial charge on any atom is 0.0333 e. The van der Waals surface area contributed by atoms with E-state index in [-0.39, 0.29) is 0 Å². The smallest absolute Gasteiger partial charge is 0.0333 e. The Balaban J connectivity index is 1.73. The van der Waals surface area contributed by atoms with E-state index in [1.54, 1.807) is 0 Å². The van der Waals surface area contributed by atoms with Crippen LogP contribution < -0.4 is 5.73 Å². The summed E-state index contributed by atoms with van der Waals surface area (Å²) in [6, 6.07) is 1.66. The van der Waals surface area contributed by atoms with Crippen LogP contribution in [0.15, 0.2) is 0 Å². The number of hydrogen-bond donors (Lipinski definition) is 1. The van der Waals surface area contributed by atoms with Crippen LogP contribution in [0.3, 0.4) is 0 Å². The van der Waals surface area contributed by atoms with Gasteiger partial charge in [0, 0.05) is 37.3 Å². The minimum Gasteiger partial charge on any atom is -0.329 e. The highest BCUT2D eigenvalue weighted by molar-refractivity contribution is 5.07. The number of fused-ring (bicyclic) bond motifs is 2. The largest absolute Gasteiger partial charge is 0.329 e. The summed E-state index contributed by atoms with van der Waals surface area (Å²) in [4.78, 5) is 5.32. The lowest BCUT2D eigenvalue weighted by Crippen LogP contribution is -2.47. The average Bonchev–Trinajstić information content (AvgIpc) is 2.93. The minimum atomic E-state index is 0.422. The third-order valence-electron chi connectivity index (χ3n) is 5.03. The second-order valence-electron chi connectivity index (χ2n) is 5.71. The molecule has 2 atom stereocenters. The molecule has 15 heavy (non-hydrogen) atoms. The topological polar surface area (TPSA) is 32.5 Å². The summed E-state index contributed by atoms with van der Waals surface area (Å²) in [6.45, 7) is 3.42. The molecule has 86 valence electrons. The number of nitrogens with two attached hydrogens (primary N) is 1. The van der Waals surface area contributed by atoms with Crippen LogP contribution in [-0.4, -0.2) is 54.1 Å². The summed E-state index contributed by atoms with van der Waals surface area (Å²) in [5.41, 5.74) is 6.35. The lowest BCUT2D eigenvalue weighted by molar-refractivity contribution is 0.159. The highest BCUT2D eigenvalue weighted by atomic mass is 15.3. The summed E-state index contributed by atoms with van der Waals surface area (Å²) in [6.07, 6.45) is 6.85. The van der Waals surface area contributed by atoms with Crippen molar-refractivity contribution < 1.29 is 0 Å². The molecule has 0 spiro atoms. The number of hydrogen-bond acceptors (Lipinski definition) is 3. The van der Waals surface area contributed by atoms with E-state index < -0.39 is 0 Å². The van der Waals surface area contributed by atoms with Crippen molar-refractivity contribution in [1.29, 1.82) is 0 Å². The van der Waals surface area contributed by atoms with Crippen LogP contribution >= 0.6 is 0 Å². The molecule has 1 saturated carbocycles. The highest BCUT2D eigenvalue weighted by Gasteiger charge is 2.49. The second-order valence-corrected chi connectivity index (χ2v) is 5.71. The Hall–Kier alpha value is -0.120. The molecule has 3 aliphatic rings. The van der Waals surface area contributed by atoms with Crippen molar-refractivity contribution in [3.05, 3.63) is 0 Å². The average molecular weight is 209 g/mol. The van der Waals surface area contributed by atoms with Gasteiger partial charge < -0.3 is 5.73 Å². The summed E-state index contributed by atoms with van der Waals surface area (Å²) in [5, 5.41) is 0. The van der Waals surface area contributed by atoms with Crippen molar-refractivity contribution in [1.82, 2.24) is 9.80 Å². The Kier molecular flexibility index (Phi) is 2.31. The lowest BCUT2D eigenvalue weighted by atomic mass is 10.1. The molecule has 2 saturated heterocycles. The van der Waals surface area contributed by atoms with Gasteiger partial charge in [-0.1, -0.05) is 0 Å². The third kappa shape index (κ3) is 1.52. The van der Waals surface area contributed by atoms with E-state index in [4.69, 9.17) is 5.73 Å². The molecule has 2 bridgehead atoms. The standard InChI is InChI=1S/C12H23N3/c1-14-10-2-3-11(14)8-15(7-4-10)12(9-13)5-6-12/h10-11H,2-9,13H2,1H3. The number of nitrogens with zero attached hydrogens (tertiary/aromatic N) is 2. The van der Waals surface area contributed by atoms with Gasteiger partial charge in [-0.25, -0.2) is 0 Å². The van der Waals surface area contributed by atoms with E-state index in [1.165, 1.54) is 45.2 Å². The molecule has 0 aromatic heterocycles. The Bertz CT molecular complexity index is 249. The van der Waals surface area contributed by atoms with Gasteiger partial charge in [0.15, 0.2) is 0 Å². The SMILES string of the molecule is CN1C2CCC1CN(C1(CN)CC1)CC2. The molecule has 2 heterocycles. The molecule has 2 unspecified atom stereocenters. The molecular weight excluding hydrogens is 186 g/mol. The lowest BCUT2D eigenvalue weighted by Gasteiger charge is -2.32. The third-order valence-corrected chi connectivity index (χ3v) is 5.03. The highest BCUT2D eigenvalue weighted by Crippen LogP contribution is 2.43. The van der Waals surface area contributed by atoms with Gasteiger partial charge in [0.25, 0.3) is 0 Å². The first-order valence-electron chi connectivity index (χ1n) is 6.42. The normalized spacial score (nSPS) is 40.4. The fourth-order valence-electron chi connectivity index (χ4n) is 3.53. The summed E-state index contributed by atoms with van der Waals surface area (Å²) in [5.74, 6) is 0. The van der Waals surface area contributed by atoms with Gasteiger partial charge in [-0.05, 0) is 39.2 Å². The molecular formula is C12H23N3. The Morgan fingerprint density at radius 3 is 2.60 bits per heavy atom. The maximum atomic E-state index is 5.93. The van der Waals surface area contributed by atoms with E-state index in [1.807, 2.05) is 0 Å². The van der Waals surface area contributed by atoms with Crippen molar-refractivity contribution in [3.63, 3.8) is 0 Å². The minimum absolute atomic E-state index is 0.422. The van der Waals surface area contributed by atoms with Gasteiger partial charge in [-0.3, -0.25) is 9.80 Å². The molecule has 2 aliphatic heterocycles. The van der Waals surface area contributed by atoms with E-state index in [2.05, 4.69) is 16.8 Å². The molecule has 0 aromatic rings. The Morgan fingerprint density at radius 2 is 1.93 bits per heavy atom. The first-order valence-corrected chi connectivity index (χ1v) is 6.42. The van der Waals surface area contributed by atoms with Crippen molar-refractivity contribution in [2.45, 2.75) is 49.7 Å². The van der Waals surface area contributed by atoms with Gasteiger partial charge in [-0.2, -0.15) is 0 Å². The van der Waals surface area contributed by atoms with Crippen LogP contribution in [0.5, 0.6) is 0 Å². The zero-order chi connectivity index (χ0) is 10.5. The molecule has 0 radical (unpaired) electrons. The molecule has 1 aliphatic carbocycles. The summed E-state index contributed by atoms with van der Waals surface area (Å²) >= 11 is 0. The van der Waals surface area contributed by atoms with Crippen molar-refractivity contribution in [2.24, 2.45) is 5.73 Å². The van der Waals surface area contributed by atoms with Gasteiger partial charge in [-0.15, -0.1) is 0 Å². The zero-order valence-electron chi connectivity index (χ0n) is 9.78. The van der Waals surface area contributed by atoms with Crippen LogP contribution in [0.2, 0.25) is 0 Å². The van der Waals surface area contributed by atoms with Gasteiger partial charge >= 0.3 is 0 Å². The van der Waals surface area contributed by atoms with Crippen LogP contribution in [0.4, 0.5) is 0 Å². The van der Waals surface area contributed by atoms with Crippen molar-refractivity contribution in [2.75, 3.05) is 26.7 Å². The van der Waals surface area contributed by atoms with Crippen LogP contribution in [0.1, 0.15) is 32.1 Å². The van der Waals surface area contributed by atoms with Crippen molar-refractivity contribution in [3.8, 4) is 0 Å². The van der Waals surface area contributed by atoms with Crippen LogP contribution in [0, 0.1) is 0 Å². The van der Waals surface area contributed by atoms with Crippen LogP contribution in [0.25, 0.3) is 0 Å². The monoisotopic (exact) mass is 209 g/mol. The number of rotatable bonds is 2. The molecule has 3 fully saturated rings. The molecule has 0 amide bonds. The Morgan fingerprint density at radius 1 is 1.20 bits per heavy atom. The Labute approximate surface area is 92.6 Å². The fourth-order valence-corrected chi connectivity index (χ4v) is 3.53. The molecule has 3 heteroatoms. The summed E-state index contributed by atoms with van der Waals surface area (Å²) in [7, 11) is 2.31. The quantitative estimate of drug-likeness (QED) is 0.724. The predicted molar refractivity (Wildman–Crippen MR) is 61.8 cm³/mol. The first kappa shape index (κ1) is 10.1. The maximum absolute atomic E-state index is 5.93. The van der Waals surface area contributed by atoms with Crippen LogP contribution in [-0.2, 0) is 0 Å². The molecule has 0 aromatic carbocycles. The number of likely N-dealkylation sites (tertiary alicyclic amines) is 1.